The summed E-state index contributed by atoms with van der Waals surface area (Å²) in [5, 5.41) is 25.2. The van der Waals surface area contributed by atoms with Crippen molar-refractivity contribution in [3.63, 3.8) is 0 Å². The predicted octanol–water partition coefficient (Wildman–Crippen LogP) is 1.80. The number of aryl methyl sites for hydroxylation is 2. The zero-order valence-electron chi connectivity index (χ0n) is 17.3. The lowest BCUT2D eigenvalue weighted by Gasteiger charge is -2.17. The first kappa shape index (κ1) is 22.2. The van der Waals surface area contributed by atoms with Crippen LogP contribution in [-0.4, -0.2) is 56.4 Å². The van der Waals surface area contributed by atoms with Gasteiger partial charge in [-0.1, -0.05) is 12.1 Å². The highest BCUT2D eigenvalue weighted by Gasteiger charge is 2.27. The second-order valence-electron chi connectivity index (χ2n) is 7.36. The SMILES string of the molecule is COc1cccc(CN2CCC(NC(=O)CCn3cc([N+](=O)[O-])nc3C)C2)c1[N+](=O)[O-]. The van der Waals surface area contributed by atoms with E-state index in [9.17, 15) is 25.0 Å². The third-order valence-electron chi connectivity index (χ3n) is 5.25. The second-order valence-corrected chi connectivity index (χ2v) is 7.36. The third kappa shape index (κ3) is 5.34. The zero-order chi connectivity index (χ0) is 22.5. The molecule has 166 valence electrons. The van der Waals surface area contributed by atoms with Crippen LogP contribution in [0.4, 0.5) is 11.5 Å². The van der Waals surface area contributed by atoms with Gasteiger partial charge in [0.05, 0.1) is 12.0 Å². The summed E-state index contributed by atoms with van der Waals surface area (Å²) in [7, 11) is 1.40. The van der Waals surface area contributed by atoms with Gasteiger partial charge >= 0.3 is 11.5 Å². The van der Waals surface area contributed by atoms with Gasteiger partial charge in [-0.15, -0.1) is 0 Å². The number of likely N-dealkylation sites (tertiary alicyclic amines) is 1. The zero-order valence-corrected chi connectivity index (χ0v) is 17.3. The van der Waals surface area contributed by atoms with Crippen molar-refractivity contribution >= 4 is 17.4 Å². The molecule has 0 bridgehead atoms. The van der Waals surface area contributed by atoms with E-state index in [1.165, 1.54) is 13.3 Å². The molecule has 1 fully saturated rings. The van der Waals surface area contributed by atoms with Gasteiger partial charge in [0.15, 0.2) is 5.75 Å². The molecule has 2 heterocycles. The summed E-state index contributed by atoms with van der Waals surface area (Å²) in [4.78, 5) is 39.4. The summed E-state index contributed by atoms with van der Waals surface area (Å²) in [6.45, 7) is 3.61. The van der Waals surface area contributed by atoms with Crippen LogP contribution in [0.3, 0.4) is 0 Å². The van der Waals surface area contributed by atoms with Gasteiger partial charge in [-0.05, 0) is 22.4 Å². The number of aromatic nitrogens is 2. The van der Waals surface area contributed by atoms with Crippen molar-refractivity contribution < 1.29 is 19.4 Å². The number of amides is 1. The predicted molar refractivity (Wildman–Crippen MR) is 110 cm³/mol. The Bertz CT molecular complexity index is 990. The Labute approximate surface area is 178 Å². The first-order chi connectivity index (χ1) is 14.8. The Balaban J connectivity index is 1.52. The number of nitrogens with one attached hydrogen (secondary N) is 1. The summed E-state index contributed by atoms with van der Waals surface area (Å²) >= 11 is 0. The van der Waals surface area contributed by atoms with Crippen LogP contribution in [0.1, 0.15) is 24.2 Å². The van der Waals surface area contributed by atoms with Crippen LogP contribution >= 0.6 is 0 Å². The van der Waals surface area contributed by atoms with Crippen LogP contribution in [0, 0.1) is 27.2 Å². The van der Waals surface area contributed by atoms with E-state index >= 15 is 0 Å². The van der Waals surface area contributed by atoms with Crippen molar-refractivity contribution in [2.45, 2.75) is 38.9 Å². The van der Waals surface area contributed by atoms with Gasteiger partial charge in [0.1, 0.15) is 6.20 Å². The standard InChI is InChI=1S/C19H24N6O6/c1-13-20-17(24(27)28)12-23(13)9-7-18(26)21-15-6-8-22(11-15)10-14-4-3-5-16(31-2)19(14)25(29)30/h3-5,12,15H,6-11H2,1-2H3,(H,21,26). The average Bonchev–Trinajstić information content (AvgIpc) is 3.32. The summed E-state index contributed by atoms with van der Waals surface area (Å²) in [6, 6.07) is 4.93. The Hall–Kier alpha value is -3.54. The number of nitrogens with zero attached hydrogens (tertiary/aromatic N) is 5. The van der Waals surface area contributed by atoms with E-state index in [0.29, 0.717) is 37.6 Å². The van der Waals surface area contributed by atoms with E-state index in [-0.39, 0.29) is 35.6 Å². The van der Waals surface area contributed by atoms with Crippen LogP contribution < -0.4 is 10.1 Å². The van der Waals surface area contributed by atoms with Crippen molar-refractivity contribution in [1.82, 2.24) is 19.8 Å². The van der Waals surface area contributed by atoms with Gasteiger partial charge in [0, 0.05) is 51.1 Å². The molecule has 1 amide bonds. The Morgan fingerprint density at radius 1 is 1.32 bits per heavy atom. The highest BCUT2D eigenvalue weighted by atomic mass is 16.6. The van der Waals surface area contributed by atoms with Crippen LogP contribution in [-0.2, 0) is 17.9 Å². The maximum Gasteiger partial charge on any atom is 0.381 e. The molecule has 0 saturated carbocycles. The van der Waals surface area contributed by atoms with E-state index in [0.717, 1.165) is 6.42 Å². The van der Waals surface area contributed by atoms with E-state index in [1.54, 1.807) is 29.7 Å². The number of carbonyl (C=O) groups is 1. The number of carbonyl (C=O) groups excluding carboxylic acids is 1. The van der Waals surface area contributed by atoms with Crippen molar-refractivity contribution in [1.29, 1.82) is 0 Å². The maximum atomic E-state index is 12.3. The number of ether oxygens (including phenoxy) is 1. The van der Waals surface area contributed by atoms with Crippen molar-refractivity contribution in [2.24, 2.45) is 0 Å². The molecule has 1 aliphatic heterocycles. The van der Waals surface area contributed by atoms with E-state index in [1.807, 2.05) is 0 Å². The van der Waals surface area contributed by atoms with Gasteiger partial charge < -0.3 is 24.7 Å². The molecular formula is C19H24N6O6. The molecule has 1 saturated heterocycles. The molecule has 0 spiro atoms. The second kappa shape index (κ2) is 9.51. The van der Waals surface area contributed by atoms with Gasteiger partial charge in [-0.25, -0.2) is 0 Å². The van der Waals surface area contributed by atoms with Crippen molar-refractivity contribution in [3.05, 3.63) is 56.0 Å². The van der Waals surface area contributed by atoms with Crippen molar-refractivity contribution in [3.8, 4) is 5.75 Å². The van der Waals surface area contributed by atoms with Crippen LogP contribution in [0.2, 0.25) is 0 Å². The molecule has 2 aromatic rings. The molecule has 1 atom stereocenters. The number of para-hydroxylation sites is 1. The number of nitro groups is 2. The van der Waals surface area contributed by atoms with E-state index in [2.05, 4.69) is 15.2 Å². The third-order valence-corrected chi connectivity index (χ3v) is 5.25. The smallest absolute Gasteiger partial charge is 0.381 e. The molecule has 31 heavy (non-hydrogen) atoms. The molecule has 1 aliphatic rings. The lowest BCUT2D eigenvalue weighted by molar-refractivity contribution is -0.389. The van der Waals surface area contributed by atoms with E-state index in [4.69, 9.17) is 4.74 Å². The Morgan fingerprint density at radius 3 is 2.74 bits per heavy atom. The number of rotatable bonds is 9. The fourth-order valence-corrected chi connectivity index (χ4v) is 3.73. The van der Waals surface area contributed by atoms with Crippen molar-refractivity contribution in [2.75, 3.05) is 20.2 Å². The monoisotopic (exact) mass is 432 g/mol. The highest BCUT2D eigenvalue weighted by molar-refractivity contribution is 5.76. The number of benzene rings is 1. The number of imidazole rings is 1. The lowest BCUT2D eigenvalue weighted by atomic mass is 10.1. The van der Waals surface area contributed by atoms with Crippen LogP contribution in [0.15, 0.2) is 24.4 Å². The summed E-state index contributed by atoms with van der Waals surface area (Å²) < 4.78 is 6.69. The van der Waals surface area contributed by atoms with Gasteiger partial charge in [-0.3, -0.25) is 19.8 Å². The topological polar surface area (TPSA) is 146 Å². The molecular weight excluding hydrogens is 408 g/mol. The molecule has 3 rings (SSSR count). The van der Waals surface area contributed by atoms with Crippen LogP contribution in [0.5, 0.6) is 5.75 Å². The molecule has 1 N–H and O–H groups in total. The van der Waals surface area contributed by atoms with Gasteiger partial charge in [-0.2, -0.15) is 0 Å². The molecule has 1 aromatic carbocycles. The summed E-state index contributed by atoms with van der Waals surface area (Å²) in [5.41, 5.74) is 0.524. The molecule has 1 aromatic heterocycles. The lowest BCUT2D eigenvalue weighted by Crippen LogP contribution is -2.37. The minimum atomic E-state index is -0.566. The Morgan fingerprint density at radius 2 is 2.10 bits per heavy atom. The molecule has 1 unspecified atom stereocenters. The molecule has 12 nitrogen and oxygen atoms in total. The summed E-state index contributed by atoms with van der Waals surface area (Å²) in [6.07, 6.45) is 2.23. The molecule has 0 aliphatic carbocycles. The van der Waals surface area contributed by atoms with E-state index < -0.39 is 9.85 Å². The number of nitro benzene ring substituents is 1. The number of hydrogen-bond acceptors (Lipinski definition) is 8. The Kier molecular flexibility index (Phi) is 6.80. The average molecular weight is 432 g/mol. The maximum absolute atomic E-state index is 12.3. The number of hydrogen-bond donors (Lipinski definition) is 1. The quantitative estimate of drug-likeness (QED) is 0.466. The molecule has 0 radical (unpaired) electrons. The minimum Gasteiger partial charge on any atom is -0.490 e. The fraction of sp³-hybridized carbons (Fsp3) is 0.474. The molecule has 12 heteroatoms. The summed E-state index contributed by atoms with van der Waals surface area (Å²) in [5.74, 6) is 0.305. The minimum absolute atomic E-state index is 0.0396. The largest absolute Gasteiger partial charge is 0.490 e. The normalized spacial score (nSPS) is 16.3. The first-order valence-corrected chi connectivity index (χ1v) is 9.78. The van der Waals surface area contributed by atoms with Crippen LogP contribution in [0.25, 0.3) is 0 Å². The van der Waals surface area contributed by atoms with Gasteiger partial charge in [0.2, 0.25) is 11.7 Å². The van der Waals surface area contributed by atoms with Gasteiger partial charge in [0.25, 0.3) is 0 Å². The fourth-order valence-electron chi connectivity index (χ4n) is 3.73. The first-order valence-electron chi connectivity index (χ1n) is 9.78. The highest BCUT2D eigenvalue weighted by Crippen LogP contribution is 2.32. The number of methoxy groups -OCH3 is 1.